The molecule has 0 bridgehead atoms. The average molecular weight is 194 g/mol. The third-order valence-electron chi connectivity index (χ3n) is 2.94. The van der Waals surface area contributed by atoms with Gasteiger partial charge in [-0.15, -0.1) is 0 Å². The summed E-state index contributed by atoms with van der Waals surface area (Å²) >= 11 is 0. The van der Waals surface area contributed by atoms with Gasteiger partial charge in [0, 0.05) is 0 Å². The fraction of sp³-hybridized carbons (Fsp3) is 0.500. The lowest BCUT2D eigenvalue weighted by Gasteiger charge is -2.17. The predicted molar refractivity (Wildman–Crippen MR) is 58.2 cm³/mol. The topological polar surface area (TPSA) is 29.5 Å². The van der Waals surface area contributed by atoms with E-state index in [9.17, 15) is 5.11 Å². The number of benzene rings is 1. The van der Waals surface area contributed by atoms with E-state index in [-0.39, 0.29) is 5.75 Å². The molecule has 14 heavy (non-hydrogen) atoms. The van der Waals surface area contributed by atoms with Gasteiger partial charge in [-0.2, -0.15) is 0 Å². The Labute approximate surface area is 85.5 Å². The maximum absolute atomic E-state index is 9.85. The van der Waals surface area contributed by atoms with E-state index in [0.717, 1.165) is 17.5 Å². The van der Waals surface area contributed by atoms with Crippen LogP contribution in [0.15, 0.2) is 0 Å². The molecule has 0 aliphatic rings. The number of rotatable bonds is 2. The predicted octanol–water partition coefficient (Wildman–Crippen LogP) is 2.89. The van der Waals surface area contributed by atoms with Gasteiger partial charge < -0.3 is 9.84 Å². The van der Waals surface area contributed by atoms with Crippen molar-refractivity contribution in [3.05, 3.63) is 22.3 Å². The van der Waals surface area contributed by atoms with Crippen molar-refractivity contribution in [3.63, 3.8) is 0 Å². The van der Waals surface area contributed by atoms with Gasteiger partial charge in [0.2, 0.25) is 0 Å². The molecule has 0 atom stereocenters. The molecule has 0 spiro atoms. The summed E-state index contributed by atoms with van der Waals surface area (Å²) in [5.41, 5.74) is 4.42. The molecule has 1 rings (SSSR count). The molecule has 0 aromatic heterocycles. The molecule has 0 aliphatic carbocycles. The largest absolute Gasteiger partial charge is 0.504 e. The van der Waals surface area contributed by atoms with Crippen molar-refractivity contribution in [1.82, 2.24) is 0 Å². The molecule has 0 saturated heterocycles. The van der Waals surface area contributed by atoms with Crippen LogP contribution in [-0.2, 0) is 6.42 Å². The van der Waals surface area contributed by atoms with Gasteiger partial charge in [0.1, 0.15) is 0 Å². The molecule has 1 aromatic carbocycles. The Morgan fingerprint density at radius 1 is 1.07 bits per heavy atom. The molecule has 0 amide bonds. The van der Waals surface area contributed by atoms with Gasteiger partial charge in [-0.25, -0.2) is 0 Å². The Morgan fingerprint density at radius 2 is 1.64 bits per heavy atom. The molecule has 0 radical (unpaired) electrons. The molecule has 0 unspecified atom stereocenters. The number of phenols is 1. The third-order valence-corrected chi connectivity index (χ3v) is 2.94. The quantitative estimate of drug-likeness (QED) is 0.784. The minimum Gasteiger partial charge on any atom is -0.504 e. The minimum absolute atomic E-state index is 0.278. The van der Waals surface area contributed by atoms with Crippen molar-refractivity contribution < 1.29 is 9.84 Å². The first-order valence-corrected chi connectivity index (χ1v) is 4.90. The second-order valence-corrected chi connectivity index (χ2v) is 3.59. The van der Waals surface area contributed by atoms with E-state index < -0.39 is 0 Å². The van der Waals surface area contributed by atoms with E-state index >= 15 is 0 Å². The van der Waals surface area contributed by atoms with E-state index in [2.05, 4.69) is 6.92 Å². The first-order valence-electron chi connectivity index (χ1n) is 4.90. The van der Waals surface area contributed by atoms with Crippen molar-refractivity contribution in [2.24, 2.45) is 0 Å². The molecule has 0 heterocycles. The fourth-order valence-electron chi connectivity index (χ4n) is 1.95. The second kappa shape index (κ2) is 3.91. The van der Waals surface area contributed by atoms with Crippen LogP contribution >= 0.6 is 0 Å². The standard InChI is InChI=1S/C12H18O2/c1-6-10-7(2)8(3)11(13)12(14-5)9(10)4/h13H,6H2,1-5H3. The van der Waals surface area contributed by atoms with Gasteiger partial charge >= 0.3 is 0 Å². The normalized spacial score (nSPS) is 10.4. The number of ether oxygens (including phenoxy) is 1. The van der Waals surface area contributed by atoms with Crippen LogP contribution in [0.2, 0.25) is 0 Å². The van der Waals surface area contributed by atoms with Crippen LogP contribution in [0.3, 0.4) is 0 Å². The molecule has 2 heteroatoms. The monoisotopic (exact) mass is 194 g/mol. The van der Waals surface area contributed by atoms with E-state index in [1.165, 1.54) is 11.1 Å². The first kappa shape index (κ1) is 10.9. The Bertz CT molecular complexity index is 323. The third kappa shape index (κ3) is 1.45. The van der Waals surface area contributed by atoms with E-state index in [1.54, 1.807) is 7.11 Å². The summed E-state index contributed by atoms with van der Waals surface area (Å²) in [6.45, 7) is 8.07. The van der Waals surface area contributed by atoms with Crippen molar-refractivity contribution in [2.75, 3.05) is 7.11 Å². The summed E-state index contributed by atoms with van der Waals surface area (Å²) in [5.74, 6) is 0.893. The van der Waals surface area contributed by atoms with Crippen LogP contribution < -0.4 is 4.74 Å². The second-order valence-electron chi connectivity index (χ2n) is 3.59. The zero-order valence-corrected chi connectivity index (χ0v) is 9.56. The number of hydrogen-bond donors (Lipinski definition) is 1. The SMILES string of the molecule is CCc1c(C)c(C)c(O)c(OC)c1C. The Morgan fingerprint density at radius 3 is 2.07 bits per heavy atom. The molecule has 1 N–H and O–H groups in total. The Hall–Kier alpha value is -1.18. The molecule has 0 fully saturated rings. The molecular weight excluding hydrogens is 176 g/mol. The molecule has 78 valence electrons. The van der Waals surface area contributed by atoms with Crippen molar-refractivity contribution in [3.8, 4) is 11.5 Å². The molecule has 0 aliphatic heterocycles. The molecule has 1 aromatic rings. The van der Waals surface area contributed by atoms with E-state index in [0.29, 0.717) is 5.75 Å². The van der Waals surface area contributed by atoms with Crippen LogP contribution in [0, 0.1) is 20.8 Å². The lowest BCUT2D eigenvalue weighted by molar-refractivity contribution is 0.368. The van der Waals surface area contributed by atoms with Crippen molar-refractivity contribution in [1.29, 1.82) is 0 Å². The number of aromatic hydroxyl groups is 1. The highest BCUT2D eigenvalue weighted by molar-refractivity contribution is 5.57. The van der Waals surface area contributed by atoms with Gasteiger partial charge in [0.25, 0.3) is 0 Å². The van der Waals surface area contributed by atoms with Crippen LogP contribution in [0.1, 0.15) is 29.2 Å². The highest BCUT2D eigenvalue weighted by Crippen LogP contribution is 2.38. The van der Waals surface area contributed by atoms with E-state index in [1.807, 2.05) is 20.8 Å². The van der Waals surface area contributed by atoms with Gasteiger partial charge in [-0.3, -0.25) is 0 Å². The van der Waals surface area contributed by atoms with Crippen LogP contribution in [-0.4, -0.2) is 12.2 Å². The Balaban J connectivity index is 3.56. The average Bonchev–Trinajstić information content (AvgIpc) is 2.16. The molecule has 2 nitrogen and oxygen atoms in total. The number of hydrogen-bond acceptors (Lipinski definition) is 2. The van der Waals surface area contributed by atoms with Crippen LogP contribution in [0.4, 0.5) is 0 Å². The summed E-state index contributed by atoms with van der Waals surface area (Å²) in [7, 11) is 1.59. The smallest absolute Gasteiger partial charge is 0.163 e. The summed E-state index contributed by atoms with van der Waals surface area (Å²) in [6.07, 6.45) is 0.967. The highest BCUT2D eigenvalue weighted by atomic mass is 16.5. The van der Waals surface area contributed by atoms with Crippen LogP contribution in [0.25, 0.3) is 0 Å². The van der Waals surface area contributed by atoms with Crippen molar-refractivity contribution >= 4 is 0 Å². The summed E-state index contributed by atoms with van der Waals surface area (Å²) in [5, 5.41) is 9.85. The molecular formula is C12H18O2. The lowest BCUT2D eigenvalue weighted by Crippen LogP contribution is -1.99. The maximum atomic E-state index is 9.85. The van der Waals surface area contributed by atoms with Crippen LogP contribution in [0.5, 0.6) is 11.5 Å². The number of methoxy groups -OCH3 is 1. The van der Waals surface area contributed by atoms with Gasteiger partial charge in [0.05, 0.1) is 7.11 Å². The molecule has 0 saturated carbocycles. The summed E-state index contributed by atoms with van der Waals surface area (Å²) < 4.78 is 5.20. The van der Waals surface area contributed by atoms with Gasteiger partial charge in [-0.1, -0.05) is 6.92 Å². The minimum atomic E-state index is 0.278. The van der Waals surface area contributed by atoms with Gasteiger partial charge in [-0.05, 0) is 49.4 Å². The maximum Gasteiger partial charge on any atom is 0.163 e. The fourth-order valence-corrected chi connectivity index (χ4v) is 1.95. The zero-order chi connectivity index (χ0) is 10.9. The zero-order valence-electron chi connectivity index (χ0n) is 9.56. The first-order chi connectivity index (χ1) is 6.54. The lowest BCUT2D eigenvalue weighted by atomic mass is 9.94. The Kier molecular flexibility index (Phi) is 3.04. The summed E-state index contributed by atoms with van der Waals surface area (Å²) in [6, 6.07) is 0. The number of phenolic OH excluding ortho intramolecular Hbond substituents is 1. The highest BCUT2D eigenvalue weighted by Gasteiger charge is 2.15. The van der Waals surface area contributed by atoms with E-state index in [4.69, 9.17) is 4.74 Å². The van der Waals surface area contributed by atoms with Crippen molar-refractivity contribution in [2.45, 2.75) is 34.1 Å². The summed E-state index contributed by atoms with van der Waals surface area (Å²) in [4.78, 5) is 0. The van der Waals surface area contributed by atoms with Gasteiger partial charge in [0.15, 0.2) is 11.5 Å².